The van der Waals surface area contributed by atoms with Gasteiger partial charge in [-0.25, -0.2) is 0 Å². The number of carbonyl (C=O) groups is 1. The van der Waals surface area contributed by atoms with Crippen molar-refractivity contribution in [2.24, 2.45) is 0 Å². The quantitative estimate of drug-likeness (QED) is 0.829. The van der Waals surface area contributed by atoms with E-state index in [1.807, 2.05) is 30.3 Å². The molecule has 21 heavy (non-hydrogen) atoms. The lowest BCUT2D eigenvalue weighted by Gasteiger charge is -2.16. The molecule has 0 aliphatic rings. The van der Waals surface area contributed by atoms with Crippen molar-refractivity contribution in [1.29, 1.82) is 0 Å². The molecule has 0 unspecified atom stereocenters. The summed E-state index contributed by atoms with van der Waals surface area (Å²) in [6.07, 6.45) is 0.428. The van der Waals surface area contributed by atoms with Crippen LogP contribution in [-0.4, -0.2) is 29.7 Å². The van der Waals surface area contributed by atoms with Crippen LogP contribution in [-0.2, 0) is 11.2 Å². The van der Waals surface area contributed by atoms with Gasteiger partial charge in [0.1, 0.15) is 11.5 Å². The molecular weight excluding hydrogens is 268 g/mol. The second kappa shape index (κ2) is 6.41. The van der Waals surface area contributed by atoms with Crippen LogP contribution in [0.2, 0.25) is 0 Å². The minimum absolute atomic E-state index is 0.0465. The van der Waals surface area contributed by atoms with E-state index in [2.05, 4.69) is 0 Å². The molecule has 0 aliphatic carbocycles. The summed E-state index contributed by atoms with van der Waals surface area (Å²) in [6, 6.07) is 10.5. The molecule has 0 aliphatic heterocycles. The van der Waals surface area contributed by atoms with E-state index in [-0.39, 0.29) is 22.8 Å². The summed E-state index contributed by atoms with van der Waals surface area (Å²) in [6.45, 7) is 1.79. The maximum atomic E-state index is 11.9. The Hall–Kier alpha value is -2.33. The highest BCUT2D eigenvalue weighted by Gasteiger charge is 2.21. The lowest BCUT2D eigenvalue weighted by atomic mass is 9.90. The van der Waals surface area contributed by atoms with Crippen molar-refractivity contribution < 1.29 is 19.7 Å². The molecule has 0 fully saturated rings. The van der Waals surface area contributed by atoms with Crippen LogP contribution < -0.4 is 0 Å². The minimum atomic E-state index is -0.240. The number of rotatable bonds is 5. The number of ether oxygens (including phenoxy) is 1. The third-order valence-electron chi connectivity index (χ3n) is 3.36. The number of ketones is 1. The molecule has 0 amide bonds. The fraction of sp³-hybridized carbons (Fsp3) is 0.235. The number of methoxy groups -OCH3 is 1. The highest BCUT2D eigenvalue weighted by atomic mass is 16.5. The number of carbonyl (C=O) groups excluding carboxylic acids is 1. The average molecular weight is 286 g/mol. The molecule has 0 saturated carbocycles. The monoisotopic (exact) mass is 286 g/mol. The second-order valence-corrected chi connectivity index (χ2v) is 4.81. The summed E-state index contributed by atoms with van der Waals surface area (Å²) in [5.41, 5.74) is 2.20. The van der Waals surface area contributed by atoms with Crippen molar-refractivity contribution in [3.8, 4) is 22.6 Å². The van der Waals surface area contributed by atoms with Crippen molar-refractivity contribution in [3.05, 3.63) is 47.5 Å². The Balaban J connectivity index is 2.72. The van der Waals surface area contributed by atoms with Crippen LogP contribution >= 0.6 is 0 Å². The molecule has 0 atom stereocenters. The maximum absolute atomic E-state index is 11.9. The third-order valence-corrected chi connectivity index (χ3v) is 3.36. The number of aromatic hydroxyl groups is 2. The highest BCUT2D eigenvalue weighted by Crippen LogP contribution is 2.39. The normalized spacial score (nSPS) is 10.6. The first-order chi connectivity index (χ1) is 10.1. The molecule has 110 valence electrons. The zero-order valence-corrected chi connectivity index (χ0v) is 12.1. The minimum Gasteiger partial charge on any atom is -0.507 e. The van der Waals surface area contributed by atoms with Crippen LogP contribution in [0, 0.1) is 0 Å². The van der Waals surface area contributed by atoms with E-state index in [1.165, 1.54) is 13.0 Å². The standard InChI is InChI=1S/C17H18O4/c1-11(18)16-13(8-9-21-2)17(15(20)10-14(16)19)12-6-4-3-5-7-12/h3-7,10,19-20H,8-9H2,1-2H3. The van der Waals surface area contributed by atoms with E-state index < -0.39 is 0 Å². The summed E-state index contributed by atoms with van der Waals surface area (Å²) < 4.78 is 5.08. The molecule has 2 N–H and O–H groups in total. The predicted octanol–water partition coefficient (Wildman–Crippen LogP) is 3.16. The van der Waals surface area contributed by atoms with Crippen LogP contribution in [0.1, 0.15) is 22.8 Å². The summed E-state index contributed by atoms with van der Waals surface area (Å²) in [4.78, 5) is 11.9. The fourth-order valence-corrected chi connectivity index (χ4v) is 2.48. The maximum Gasteiger partial charge on any atom is 0.163 e. The Morgan fingerprint density at radius 2 is 1.81 bits per heavy atom. The molecule has 0 saturated heterocycles. The molecule has 0 spiro atoms. The molecule has 0 radical (unpaired) electrons. The number of phenolic OH excluding ortho intramolecular Hbond substituents is 2. The molecule has 0 bridgehead atoms. The third kappa shape index (κ3) is 3.06. The van der Waals surface area contributed by atoms with Gasteiger partial charge in [-0.05, 0) is 24.5 Å². The molecule has 4 heteroatoms. The van der Waals surface area contributed by atoms with Crippen molar-refractivity contribution in [2.75, 3.05) is 13.7 Å². The number of benzene rings is 2. The van der Waals surface area contributed by atoms with E-state index in [9.17, 15) is 15.0 Å². The van der Waals surface area contributed by atoms with Gasteiger partial charge in [-0.2, -0.15) is 0 Å². The van der Waals surface area contributed by atoms with Gasteiger partial charge in [-0.1, -0.05) is 30.3 Å². The lowest BCUT2D eigenvalue weighted by molar-refractivity contribution is 0.101. The SMILES string of the molecule is COCCc1c(C(C)=O)c(O)cc(O)c1-c1ccccc1. The zero-order chi connectivity index (χ0) is 15.4. The summed E-state index contributed by atoms with van der Waals surface area (Å²) in [5, 5.41) is 20.2. The van der Waals surface area contributed by atoms with Gasteiger partial charge in [0.15, 0.2) is 5.78 Å². The molecular formula is C17H18O4. The number of phenols is 2. The largest absolute Gasteiger partial charge is 0.507 e. The topological polar surface area (TPSA) is 66.8 Å². The van der Waals surface area contributed by atoms with Gasteiger partial charge < -0.3 is 14.9 Å². The van der Waals surface area contributed by atoms with Crippen LogP contribution in [0.5, 0.6) is 11.5 Å². The molecule has 0 heterocycles. The van der Waals surface area contributed by atoms with Crippen LogP contribution in [0.4, 0.5) is 0 Å². The van der Waals surface area contributed by atoms with Gasteiger partial charge in [-0.15, -0.1) is 0 Å². The zero-order valence-electron chi connectivity index (χ0n) is 12.1. The van der Waals surface area contributed by atoms with Gasteiger partial charge in [0.05, 0.1) is 12.2 Å². The van der Waals surface area contributed by atoms with Crippen LogP contribution in [0.15, 0.2) is 36.4 Å². The average Bonchev–Trinajstić information content (AvgIpc) is 2.45. The van der Waals surface area contributed by atoms with Gasteiger partial charge in [0, 0.05) is 18.7 Å². The summed E-state index contributed by atoms with van der Waals surface area (Å²) >= 11 is 0. The van der Waals surface area contributed by atoms with Crippen molar-refractivity contribution >= 4 is 5.78 Å². The van der Waals surface area contributed by atoms with E-state index in [1.54, 1.807) is 7.11 Å². The first-order valence-electron chi connectivity index (χ1n) is 6.69. The number of Topliss-reactive ketones (excluding diaryl/α,β-unsaturated/α-hetero) is 1. The van der Waals surface area contributed by atoms with Crippen LogP contribution in [0.25, 0.3) is 11.1 Å². The van der Waals surface area contributed by atoms with Crippen molar-refractivity contribution in [2.45, 2.75) is 13.3 Å². The second-order valence-electron chi connectivity index (χ2n) is 4.81. The molecule has 2 aromatic rings. The fourth-order valence-electron chi connectivity index (χ4n) is 2.48. The van der Waals surface area contributed by atoms with E-state index in [0.717, 1.165) is 5.56 Å². The first kappa shape index (κ1) is 15.1. The van der Waals surface area contributed by atoms with Gasteiger partial charge >= 0.3 is 0 Å². The molecule has 0 aromatic heterocycles. The van der Waals surface area contributed by atoms with E-state index >= 15 is 0 Å². The lowest BCUT2D eigenvalue weighted by Crippen LogP contribution is -2.06. The predicted molar refractivity (Wildman–Crippen MR) is 80.8 cm³/mol. The van der Waals surface area contributed by atoms with Crippen molar-refractivity contribution in [3.63, 3.8) is 0 Å². The Morgan fingerprint density at radius 3 is 2.38 bits per heavy atom. The Bertz CT molecular complexity index is 648. The molecule has 4 nitrogen and oxygen atoms in total. The van der Waals surface area contributed by atoms with E-state index in [0.29, 0.717) is 24.2 Å². The Kier molecular flexibility index (Phi) is 4.60. The van der Waals surface area contributed by atoms with E-state index in [4.69, 9.17) is 4.74 Å². The smallest absolute Gasteiger partial charge is 0.163 e. The van der Waals surface area contributed by atoms with Gasteiger partial charge in [0.25, 0.3) is 0 Å². The van der Waals surface area contributed by atoms with Gasteiger partial charge in [-0.3, -0.25) is 4.79 Å². The highest BCUT2D eigenvalue weighted by molar-refractivity contribution is 6.01. The van der Waals surface area contributed by atoms with Crippen LogP contribution in [0.3, 0.4) is 0 Å². The van der Waals surface area contributed by atoms with Gasteiger partial charge in [0.2, 0.25) is 0 Å². The molecule has 2 aromatic carbocycles. The molecule has 2 rings (SSSR count). The number of hydrogen-bond donors (Lipinski definition) is 2. The Labute approximate surface area is 123 Å². The first-order valence-corrected chi connectivity index (χ1v) is 6.69. The van der Waals surface area contributed by atoms with Crippen molar-refractivity contribution in [1.82, 2.24) is 0 Å². The summed E-state index contributed by atoms with van der Waals surface area (Å²) in [7, 11) is 1.57. The number of hydrogen-bond acceptors (Lipinski definition) is 4. The summed E-state index contributed by atoms with van der Waals surface area (Å²) in [5.74, 6) is -0.489. The Morgan fingerprint density at radius 1 is 1.14 bits per heavy atom.